The fourth-order valence-corrected chi connectivity index (χ4v) is 2.39. The Hall–Kier alpha value is -3.15. The first-order valence-corrected chi connectivity index (χ1v) is 8.31. The van der Waals surface area contributed by atoms with E-state index in [1.807, 2.05) is 24.3 Å². The van der Waals surface area contributed by atoms with Crippen molar-refractivity contribution in [2.75, 3.05) is 7.11 Å². The van der Waals surface area contributed by atoms with Crippen molar-refractivity contribution in [1.29, 1.82) is 0 Å². The summed E-state index contributed by atoms with van der Waals surface area (Å²) in [4.78, 5) is 16.3. The molecule has 6 heteroatoms. The number of nitrogens with zero attached hydrogens (tertiary/aromatic N) is 2. The van der Waals surface area contributed by atoms with Gasteiger partial charge in [-0.3, -0.25) is 0 Å². The van der Waals surface area contributed by atoms with Crippen LogP contribution >= 0.6 is 0 Å². The minimum atomic E-state index is -0.464. The van der Waals surface area contributed by atoms with E-state index in [9.17, 15) is 4.79 Å². The fraction of sp³-hybridized carbons (Fsp3) is 0.250. The summed E-state index contributed by atoms with van der Waals surface area (Å²) in [5.74, 6) is 1.38. The Labute approximate surface area is 151 Å². The Morgan fingerprint density at radius 3 is 2.38 bits per heavy atom. The van der Waals surface area contributed by atoms with Crippen LogP contribution in [0, 0.1) is 0 Å². The molecule has 0 unspecified atom stereocenters. The number of benzene rings is 2. The molecule has 0 aliphatic carbocycles. The highest BCUT2D eigenvalue weighted by molar-refractivity contribution is 5.89. The molecule has 26 heavy (non-hydrogen) atoms. The summed E-state index contributed by atoms with van der Waals surface area (Å²) in [6, 6.07) is 14.7. The molecule has 0 N–H and O–H groups in total. The average Bonchev–Trinajstić information content (AvgIpc) is 3.15. The molecule has 6 nitrogen and oxygen atoms in total. The van der Waals surface area contributed by atoms with Crippen LogP contribution < -0.4 is 4.74 Å². The van der Waals surface area contributed by atoms with Gasteiger partial charge in [0.25, 0.3) is 5.89 Å². The molecule has 2 aromatic carbocycles. The minimum Gasteiger partial charge on any atom is -0.497 e. The molecule has 0 bridgehead atoms. The van der Waals surface area contributed by atoms with E-state index in [-0.39, 0.29) is 12.5 Å². The van der Waals surface area contributed by atoms with Crippen molar-refractivity contribution in [3.05, 3.63) is 65.5 Å². The molecule has 0 saturated carbocycles. The van der Waals surface area contributed by atoms with Crippen LogP contribution in [0.4, 0.5) is 0 Å². The quantitative estimate of drug-likeness (QED) is 0.618. The van der Waals surface area contributed by atoms with Crippen molar-refractivity contribution in [3.63, 3.8) is 0 Å². The number of hydrogen-bond donors (Lipinski definition) is 0. The van der Waals surface area contributed by atoms with Crippen molar-refractivity contribution in [3.8, 4) is 17.1 Å². The molecule has 0 fully saturated rings. The second-order valence-corrected chi connectivity index (χ2v) is 6.09. The smallest absolute Gasteiger partial charge is 0.338 e. The largest absolute Gasteiger partial charge is 0.497 e. The fourth-order valence-electron chi connectivity index (χ4n) is 2.39. The Morgan fingerprint density at radius 2 is 1.77 bits per heavy atom. The molecular formula is C20H20N2O4. The normalized spacial score (nSPS) is 10.8. The van der Waals surface area contributed by atoms with Gasteiger partial charge in [-0.15, -0.1) is 0 Å². The number of esters is 1. The SMILES string of the molecule is COc1ccc(C(=O)OCc2nc(-c3ccc(C(C)C)cc3)no2)cc1. The summed E-state index contributed by atoms with van der Waals surface area (Å²) < 4.78 is 15.4. The van der Waals surface area contributed by atoms with Crippen LogP contribution in [0.25, 0.3) is 11.4 Å². The molecule has 0 aliphatic rings. The van der Waals surface area contributed by atoms with E-state index in [1.165, 1.54) is 5.56 Å². The van der Waals surface area contributed by atoms with Crippen molar-refractivity contribution >= 4 is 5.97 Å². The third-order valence-corrected chi connectivity index (χ3v) is 3.96. The Balaban J connectivity index is 1.61. The van der Waals surface area contributed by atoms with Gasteiger partial charge in [0.1, 0.15) is 5.75 Å². The number of rotatable bonds is 6. The number of methoxy groups -OCH3 is 1. The van der Waals surface area contributed by atoms with Crippen LogP contribution in [0.1, 0.15) is 41.6 Å². The van der Waals surface area contributed by atoms with Gasteiger partial charge in [0.15, 0.2) is 6.61 Å². The number of carbonyl (C=O) groups is 1. The number of hydrogen-bond acceptors (Lipinski definition) is 6. The summed E-state index contributed by atoms with van der Waals surface area (Å²) >= 11 is 0. The van der Waals surface area contributed by atoms with Crippen molar-refractivity contribution < 1.29 is 18.8 Å². The monoisotopic (exact) mass is 352 g/mol. The van der Waals surface area contributed by atoms with Crippen LogP contribution in [-0.4, -0.2) is 23.2 Å². The standard InChI is InChI=1S/C20H20N2O4/c1-13(2)14-4-6-15(7-5-14)19-21-18(26-22-19)12-25-20(23)16-8-10-17(24-3)11-9-16/h4-11,13H,12H2,1-3H3. The lowest BCUT2D eigenvalue weighted by Gasteiger charge is -2.04. The van der Waals surface area contributed by atoms with Crippen molar-refractivity contribution in [2.45, 2.75) is 26.4 Å². The highest BCUT2D eigenvalue weighted by Gasteiger charge is 2.13. The van der Waals surface area contributed by atoms with E-state index in [1.54, 1.807) is 31.4 Å². The molecule has 3 rings (SSSR count). The first-order chi connectivity index (χ1) is 12.6. The first-order valence-electron chi connectivity index (χ1n) is 8.31. The van der Waals surface area contributed by atoms with E-state index in [0.717, 1.165) is 5.56 Å². The maximum absolute atomic E-state index is 12.0. The van der Waals surface area contributed by atoms with Crippen LogP contribution in [0.3, 0.4) is 0 Å². The Kier molecular flexibility index (Phi) is 5.31. The van der Waals surface area contributed by atoms with Gasteiger partial charge in [-0.2, -0.15) is 4.98 Å². The van der Waals surface area contributed by atoms with Gasteiger partial charge in [-0.25, -0.2) is 4.79 Å². The molecule has 3 aromatic rings. The van der Waals surface area contributed by atoms with E-state index in [0.29, 0.717) is 23.1 Å². The zero-order valence-electron chi connectivity index (χ0n) is 14.9. The van der Waals surface area contributed by atoms with Gasteiger partial charge in [-0.05, 0) is 35.7 Å². The first kappa shape index (κ1) is 17.7. The van der Waals surface area contributed by atoms with Crippen LogP contribution in [0.5, 0.6) is 5.75 Å². The number of aromatic nitrogens is 2. The molecule has 0 saturated heterocycles. The number of ether oxygens (including phenoxy) is 2. The predicted molar refractivity (Wildman–Crippen MR) is 95.9 cm³/mol. The van der Waals surface area contributed by atoms with Crippen molar-refractivity contribution in [1.82, 2.24) is 10.1 Å². The highest BCUT2D eigenvalue weighted by atomic mass is 16.6. The second-order valence-electron chi connectivity index (χ2n) is 6.09. The maximum Gasteiger partial charge on any atom is 0.338 e. The van der Waals surface area contributed by atoms with Crippen LogP contribution in [0.15, 0.2) is 53.1 Å². The van der Waals surface area contributed by atoms with Gasteiger partial charge in [-0.1, -0.05) is 43.3 Å². The van der Waals surface area contributed by atoms with Crippen LogP contribution in [-0.2, 0) is 11.3 Å². The van der Waals surface area contributed by atoms with Gasteiger partial charge in [0.05, 0.1) is 12.7 Å². The maximum atomic E-state index is 12.0. The summed E-state index contributed by atoms with van der Waals surface area (Å²) in [7, 11) is 1.57. The molecular weight excluding hydrogens is 332 g/mol. The minimum absolute atomic E-state index is 0.0814. The summed E-state index contributed by atoms with van der Waals surface area (Å²) in [5.41, 5.74) is 2.52. The van der Waals surface area contributed by atoms with Gasteiger partial charge in [0, 0.05) is 5.56 Å². The van der Waals surface area contributed by atoms with Gasteiger partial charge >= 0.3 is 5.97 Å². The number of carbonyl (C=O) groups excluding carboxylic acids is 1. The Bertz CT molecular complexity index is 868. The zero-order chi connectivity index (χ0) is 18.5. The second kappa shape index (κ2) is 7.82. The van der Waals surface area contributed by atoms with Gasteiger partial charge in [0.2, 0.25) is 5.82 Å². The lowest BCUT2D eigenvalue weighted by atomic mass is 10.0. The van der Waals surface area contributed by atoms with E-state index < -0.39 is 5.97 Å². The van der Waals surface area contributed by atoms with E-state index in [4.69, 9.17) is 14.0 Å². The molecule has 0 amide bonds. The lowest BCUT2D eigenvalue weighted by Crippen LogP contribution is -2.05. The van der Waals surface area contributed by atoms with E-state index in [2.05, 4.69) is 24.0 Å². The summed E-state index contributed by atoms with van der Waals surface area (Å²) in [5, 5.41) is 3.94. The molecule has 0 spiro atoms. The lowest BCUT2D eigenvalue weighted by molar-refractivity contribution is 0.0430. The van der Waals surface area contributed by atoms with E-state index >= 15 is 0 Å². The molecule has 1 aromatic heterocycles. The Morgan fingerprint density at radius 1 is 1.08 bits per heavy atom. The van der Waals surface area contributed by atoms with Crippen molar-refractivity contribution in [2.24, 2.45) is 0 Å². The molecule has 0 aliphatic heterocycles. The third kappa shape index (κ3) is 4.08. The molecule has 134 valence electrons. The molecule has 0 radical (unpaired) electrons. The molecule has 1 heterocycles. The molecule has 0 atom stereocenters. The average molecular weight is 352 g/mol. The summed E-state index contributed by atoms with van der Waals surface area (Å²) in [6.07, 6.45) is 0. The van der Waals surface area contributed by atoms with Gasteiger partial charge < -0.3 is 14.0 Å². The topological polar surface area (TPSA) is 74.5 Å². The highest BCUT2D eigenvalue weighted by Crippen LogP contribution is 2.21. The van der Waals surface area contributed by atoms with Crippen LogP contribution in [0.2, 0.25) is 0 Å². The summed E-state index contributed by atoms with van der Waals surface area (Å²) in [6.45, 7) is 4.19. The third-order valence-electron chi connectivity index (χ3n) is 3.96. The zero-order valence-corrected chi connectivity index (χ0v) is 14.9. The predicted octanol–water partition coefficient (Wildman–Crippen LogP) is 4.23.